The highest BCUT2D eigenvalue weighted by Crippen LogP contribution is 2.10. The maximum Gasteiger partial charge on any atom is 0.186 e. The van der Waals surface area contributed by atoms with Crippen LogP contribution in [0.25, 0.3) is 0 Å². The number of aromatic nitrogens is 1. The van der Waals surface area contributed by atoms with Gasteiger partial charge < -0.3 is 4.74 Å². The average Bonchev–Trinajstić information content (AvgIpc) is 2.40. The second-order valence-corrected chi connectivity index (χ2v) is 3.72. The van der Waals surface area contributed by atoms with Crippen molar-refractivity contribution < 1.29 is 9.30 Å². The number of nitrogens with zero attached hydrogens (tertiary/aromatic N) is 2. The van der Waals surface area contributed by atoms with Crippen LogP contribution in [0.2, 0.25) is 0 Å². The molecule has 1 heterocycles. The fourth-order valence-electron chi connectivity index (χ4n) is 1.63. The molecule has 0 aliphatic rings. The van der Waals surface area contributed by atoms with Gasteiger partial charge >= 0.3 is 0 Å². The standard InChI is InChI=1S/C14H13N2O/c1-17-14-6-4-12(5-7-14)10-16-8-2-3-13(9-15)11-16/h2-8,11H,10H2,1H3/q+1. The molecule has 84 valence electrons. The van der Waals surface area contributed by atoms with Gasteiger partial charge in [-0.15, -0.1) is 0 Å². The van der Waals surface area contributed by atoms with Crippen molar-refractivity contribution in [2.45, 2.75) is 6.54 Å². The van der Waals surface area contributed by atoms with Crippen LogP contribution in [-0.4, -0.2) is 7.11 Å². The topological polar surface area (TPSA) is 36.9 Å². The Bertz CT molecular complexity index is 541. The fourth-order valence-corrected chi connectivity index (χ4v) is 1.63. The number of methoxy groups -OCH3 is 1. The van der Waals surface area contributed by atoms with Crippen molar-refractivity contribution in [1.82, 2.24) is 0 Å². The van der Waals surface area contributed by atoms with Crippen LogP contribution in [0.15, 0.2) is 48.8 Å². The Kier molecular flexibility index (Phi) is 3.37. The van der Waals surface area contributed by atoms with Crippen LogP contribution in [0, 0.1) is 11.3 Å². The molecule has 0 N–H and O–H groups in total. The van der Waals surface area contributed by atoms with Gasteiger partial charge in [-0.1, -0.05) is 0 Å². The Labute approximate surface area is 101 Å². The van der Waals surface area contributed by atoms with E-state index in [1.54, 1.807) is 13.2 Å². The first-order chi connectivity index (χ1) is 8.31. The number of ether oxygens (including phenoxy) is 1. The van der Waals surface area contributed by atoms with Gasteiger partial charge in [-0.3, -0.25) is 0 Å². The van der Waals surface area contributed by atoms with Gasteiger partial charge in [0.05, 0.1) is 7.11 Å². The summed E-state index contributed by atoms with van der Waals surface area (Å²) in [6.07, 6.45) is 3.79. The van der Waals surface area contributed by atoms with E-state index in [0.29, 0.717) is 5.56 Å². The van der Waals surface area contributed by atoms with Gasteiger partial charge in [0.2, 0.25) is 0 Å². The maximum atomic E-state index is 8.82. The molecule has 0 bridgehead atoms. The Balaban J connectivity index is 2.16. The summed E-state index contributed by atoms with van der Waals surface area (Å²) < 4.78 is 7.09. The van der Waals surface area contributed by atoms with Gasteiger partial charge in [0.25, 0.3) is 0 Å². The zero-order valence-corrected chi connectivity index (χ0v) is 9.63. The van der Waals surface area contributed by atoms with Gasteiger partial charge in [0.15, 0.2) is 18.9 Å². The smallest absolute Gasteiger partial charge is 0.186 e. The Morgan fingerprint density at radius 1 is 1.24 bits per heavy atom. The van der Waals surface area contributed by atoms with E-state index in [1.165, 1.54) is 5.56 Å². The van der Waals surface area contributed by atoms with Gasteiger partial charge in [-0.05, 0) is 30.3 Å². The predicted octanol–water partition coefficient (Wildman–Crippen LogP) is 1.90. The van der Waals surface area contributed by atoms with Crippen molar-refractivity contribution in [3.8, 4) is 11.8 Å². The monoisotopic (exact) mass is 225 g/mol. The number of hydrogen-bond acceptors (Lipinski definition) is 2. The van der Waals surface area contributed by atoms with Crippen LogP contribution < -0.4 is 9.30 Å². The summed E-state index contributed by atoms with van der Waals surface area (Å²) in [5.74, 6) is 0.851. The number of nitriles is 1. The third-order valence-electron chi connectivity index (χ3n) is 2.51. The Hall–Kier alpha value is -2.34. The van der Waals surface area contributed by atoms with Crippen LogP contribution >= 0.6 is 0 Å². The molecule has 1 aromatic heterocycles. The first-order valence-corrected chi connectivity index (χ1v) is 5.34. The van der Waals surface area contributed by atoms with Gasteiger partial charge in [-0.2, -0.15) is 9.83 Å². The van der Waals surface area contributed by atoms with Crippen LogP contribution in [0.4, 0.5) is 0 Å². The number of hydrogen-bond donors (Lipinski definition) is 0. The van der Waals surface area contributed by atoms with Crippen LogP contribution in [-0.2, 0) is 6.54 Å². The molecule has 3 heteroatoms. The molecule has 1 aromatic carbocycles. The minimum absolute atomic E-state index is 0.668. The molecule has 0 saturated carbocycles. The van der Waals surface area contributed by atoms with E-state index >= 15 is 0 Å². The highest BCUT2D eigenvalue weighted by Gasteiger charge is 2.04. The predicted molar refractivity (Wildman–Crippen MR) is 63.4 cm³/mol. The molecule has 2 aromatic rings. The van der Waals surface area contributed by atoms with E-state index in [1.807, 2.05) is 47.3 Å². The number of benzene rings is 1. The molecule has 0 aliphatic carbocycles. The summed E-state index contributed by atoms with van der Waals surface area (Å²) >= 11 is 0. The van der Waals surface area contributed by atoms with Crippen molar-refractivity contribution in [3.05, 3.63) is 59.9 Å². The summed E-state index contributed by atoms with van der Waals surface area (Å²) in [6, 6.07) is 13.7. The molecule has 0 atom stereocenters. The van der Waals surface area contributed by atoms with Crippen molar-refractivity contribution >= 4 is 0 Å². The molecule has 0 fully saturated rings. The zero-order valence-electron chi connectivity index (χ0n) is 9.63. The van der Waals surface area contributed by atoms with Gasteiger partial charge in [0, 0.05) is 11.6 Å². The highest BCUT2D eigenvalue weighted by atomic mass is 16.5. The fraction of sp³-hybridized carbons (Fsp3) is 0.143. The molecule has 0 radical (unpaired) electrons. The third kappa shape index (κ3) is 2.82. The minimum atomic E-state index is 0.668. The van der Waals surface area contributed by atoms with Crippen LogP contribution in [0.1, 0.15) is 11.1 Å². The zero-order chi connectivity index (χ0) is 12.1. The lowest BCUT2D eigenvalue weighted by molar-refractivity contribution is -0.688. The van der Waals surface area contributed by atoms with E-state index in [2.05, 4.69) is 6.07 Å². The minimum Gasteiger partial charge on any atom is -0.497 e. The second kappa shape index (κ2) is 5.13. The summed E-state index contributed by atoms with van der Waals surface area (Å²) in [7, 11) is 1.65. The van der Waals surface area contributed by atoms with Crippen molar-refractivity contribution in [1.29, 1.82) is 5.26 Å². The SMILES string of the molecule is COc1ccc(C[n+]2cccc(C#N)c2)cc1. The molecule has 0 unspecified atom stereocenters. The molecule has 3 nitrogen and oxygen atoms in total. The molecular weight excluding hydrogens is 212 g/mol. The highest BCUT2D eigenvalue weighted by molar-refractivity contribution is 5.27. The summed E-state index contributed by atoms with van der Waals surface area (Å²) in [4.78, 5) is 0. The normalized spacial score (nSPS) is 9.65. The molecule has 0 spiro atoms. The molecule has 17 heavy (non-hydrogen) atoms. The maximum absolute atomic E-state index is 8.82. The van der Waals surface area contributed by atoms with E-state index < -0.39 is 0 Å². The molecule has 0 saturated heterocycles. The first-order valence-electron chi connectivity index (χ1n) is 5.34. The van der Waals surface area contributed by atoms with E-state index in [4.69, 9.17) is 10.00 Å². The van der Waals surface area contributed by atoms with E-state index in [-0.39, 0.29) is 0 Å². The summed E-state index contributed by atoms with van der Waals surface area (Å²) in [6.45, 7) is 0.750. The summed E-state index contributed by atoms with van der Waals surface area (Å²) in [5.41, 5.74) is 1.84. The van der Waals surface area contributed by atoms with Crippen LogP contribution in [0.3, 0.4) is 0 Å². The van der Waals surface area contributed by atoms with Gasteiger partial charge in [0.1, 0.15) is 17.4 Å². The Morgan fingerprint density at radius 3 is 2.65 bits per heavy atom. The quantitative estimate of drug-likeness (QED) is 0.748. The van der Waals surface area contributed by atoms with Crippen LogP contribution in [0.5, 0.6) is 5.75 Å². The second-order valence-electron chi connectivity index (χ2n) is 3.72. The van der Waals surface area contributed by atoms with Crippen molar-refractivity contribution in [2.24, 2.45) is 0 Å². The molecule has 2 rings (SSSR count). The van der Waals surface area contributed by atoms with Crippen molar-refractivity contribution in [3.63, 3.8) is 0 Å². The van der Waals surface area contributed by atoms with Crippen molar-refractivity contribution in [2.75, 3.05) is 7.11 Å². The molecule has 0 amide bonds. The third-order valence-corrected chi connectivity index (χ3v) is 2.51. The largest absolute Gasteiger partial charge is 0.497 e. The summed E-state index contributed by atoms with van der Waals surface area (Å²) in [5, 5.41) is 8.82. The lowest BCUT2D eigenvalue weighted by Crippen LogP contribution is -2.33. The van der Waals surface area contributed by atoms with Gasteiger partial charge in [-0.25, -0.2) is 0 Å². The molecular formula is C14H13N2O+. The molecule has 0 aliphatic heterocycles. The first kappa shape index (κ1) is 11.2. The average molecular weight is 225 g/mol. The number of rotatable bonds is 3. The lowest BCUT2D eigenvalue weighted by Gasteiger charge is -2.01. The van der Waals surface area contributed by atoms with E-state index in [9.17, 15) is 0 Å². The van der Waals surface area contributed by atoms with E-state index in [0.717, 1.165) is 12.3 Å². The number of pyridine rings is 1. The Morgan fingerprint density at radius 2 is 2.00 bits per heavy atom. The lowest BCUT2D eigenvalue weighted by atomic mass is 10.2.